The van der Waals surface area contributed by atoms with Gasteiger partial charge in [-0.25, -0.2) is 0 Å². The van der Waals surface area contributed by atoms with Crippen LogP contribution in [0.15, 0.2) is 18.2 Å². The van der Waals surface area contributed by atoms with Crippen LogP contribution in [0.2, 0.25) is 0 Å². The Morgan fingerprint density at radius 3 is 2.61 bits per heavy atom. The number of nitrogens with one attached hydrogen (secondary N) is 2. The molecule has 1 fully saturated rings. The van der Waals surface area contributed by atoms with Crippen molar-refractivity contribution in [3.05, 3.63) is 23.8 Å². The lowest BCUT2D eigenvalue weighted by Crippen LogP contribution is -2.47. The van der Waals surface area contributed by atoms with Gasteiger partial charge in [0.25, 0.3) is 0 Å². The number of aryl methyl sites for hydroxylation is 1. The third kappa shape index (κ3) is 4.83. The monoisotopic (exact) mass is 342 g/mol. The number of halogens is 1. The maximum absolute atomic E-state index is 12.8. The van der Waals surface area contributed by atoms with Gasteiger partial charge in [-0.3, -0.25) is 4.79 Å². The third-order valence-corrected chi connectivity index (χ3v) is 4.22. The second-order valence-corrected chi connectivity index (χ2v) is 5.83. The van der Waals surface area contributed by atoms with Crippen LogP contribution in [0, 0.1) is 12.3 Å². The largest absolute Gasteiger partial charge is 0.494 e. The normalized spacial score (nSPS) is 16.3. The molecule has 130 valence electrons. The minimum absolute atomic E-state index is 0. The van der Waals surface area contributed by atoms with E-state index in [4.69, 9.17) is 9.47 Å². The van der Waals surface area contributed by atoms with E-state index in [1.807, 2.05) is 32.0 Å². The van der Waals surface area contributed by atoms with Gasteiger partial charge in [-0.1, -0.05) is 0 Å². The number of carbonyl (C=O) groups excluding carboxylic acids is 1. The fraction of sp³-hybridized carbons (Fsp3) is 0.588. The van der Waals surface area contributed by atoms with Crippen LogP contribution in [0.4, 0.5) is 5.69 Å². The Hall–Kier alpha value is -1.30. The summed E-state index contributed by atoms with van der Waals surface area (Å²) in [4.78, 5) is 12.8. The lowest BCUT2D eigenvalue weighted by molar-refractivity contribution is -0.130. The molecule has 2 rings (SSSR count). The van der Waals surface area contributed by atoms with Gasteiger partial charge in [0.15, 0.2) is 0 Å². The van der Waals surface area contributed by atoms with E-state index in [2.05, 4.69) is 10.6 Å². The van der Waals surface area contributed by atoms with E-state index < -0.39 is 5.41 Å². The molecule has 0 aromatic heterocycles. The van der Waals surface area contributed by atoms with E-state index in [0.29, 0.717) is 13.2 Å². The number of piperidine rings is 1. The lowest BCUT2D eigenvalue weighted by Gasteiger charge is -2.35. The SMILES string of the molecule is CCOc1ccc(NC(=O)C2(COC)CCNCC2)c(C)c1.Cl. The van der Waals surface area contributed by atoms with Crippen LogP contribution in [0.1, 0.15) is 25.3 Å². The maximum atomic E-state index is 12.8. The minimum Gasteiger partial charge on any atom is -0.494 e. The molecule has 1 heterocycles. The van der Waals surface area contributed by atoms with Gasteiger partial charge >= 0.3 is 0 Å². The molecule has 0 spiro atoms. The van der Waals surface area contributed by atoms with Crippen molar-refractivity contribution in [1.82, 2.24) is 5.32 Å². The Labute approximate surface area is 144 Å². The molecule has 0 aliphatic carbocycles. The molecular formula is C17H27ClN2O3. The second-order valence-electron chi connectivity index (χ2n) is 5.83. The van der Waals surface area contributed by atoms with Gasteiger partial charge in [-0.2, -0.15) is 0 Å². The fourth-order valence-electron chi connectivity index (χ4n) is 2.91. The van der Waals surface area contributed by atoms with Gasteiger partial charge in [0.05, 0.1) is 18.6 Å². The predicted octanol–water partition coefficient (Wildman–Crippen LogP) is 2.77. The maximum Gasteiger partial charge on any atom is 0.233 e. The molecule has 6 heteroatoms. The first-order valence-electron chi connectivity index (χ1n) is 7.86. The molecule has 0 radical (unpaired) electrons. The Morgan fingerprint density at radius 1 is 1.35 bits per heavy atom. The summed E-state index contributed by atoms with van der Waals surface area (Å²) in [5.41, 5.74) is 1.40. The number of amides is 1. The van der Waals surface area contributed by atoms with E-state index in [1.54, 1.807) is 7.11 Å². The van der Waals surface area contributed by atoms with Crippen LogP contribution in [0.3, 0.4) is 0 Å². The van der Waals surface area contributed by atoms with Gasteiger partial charge in [-0.05, 0) is 63.5 Å². The first-order chi connectivity index (χ1) is 10.6. The number of carbonyl (C=O) groups is 1. The number of ether oxygens (including phenoxy) is 2. The molecule has 5 nitrogen and oxygen atoms in total. The zero-order chi connectivity index (χ0) is 16.0. The summed E-state index contributed by atoms with van der Waals surface area (Å²) < 4.78 is 10.8. The summed E-state index contributed by atoms with van der Waals surface area (Å²) in [6, 6.07) is 5.74. The molecule has 0 atom stereocenters. The summed E-state index contributed by atoms with van der Waals surface area (Å²) in [5.74, 6) is 0.870. The topological polar surface area (TPSA) is 59.6 Å². The number of benzene rings is 1. The van der Waals surface area contributed by atoms with E-state index in [9.17, 15) is 4.79 Å². The molecular weight excluding hydrogens is 316 g/mol. The van der Waals surface area contributed by atoms with Crippen molar-refractivity contribution in [3.8, 4) is 5.75 Å². The Bertz CT molecular complexity index is 511. The van der Waals surface area contributed by atoms with Crippen LogP contribution < -0.4 is 15.4 Å². The van der Waals surface area contributed by atoms with E-state index in [0.717, 1.165) is 42.9 Å². The van der Waals surface area contributed by atoms with Gasteiger partial charge in [0, 0.05) is 12.8 Å². The Kier molecular flexibility index (Phi) is 7.82. The van der Waals surface area contributed by atoms with Crippen LogP contribution >= 0.6 is 12.4 Å². The lowest BCUT2D eigenvalue weighted by atomic mass is 9.78. The Morgan fingerprint density at radius 2 is 2.04 bits per heavy atom. The molecule has 23 heavy (non-hydrogen) atoms. The molecule has 1 aliphatic heterocycles. The average molecular weight is 343 g/mol. The summed E-state index contributed by atoms with van der Waals surface area (Å²) in [7, 11) is 1.65. The molecule has 1 amide bonds. The molecule has 0 unspecified atom stereocenters. The molecule has 1 aromatic carbocycles. The second kappa shape index (κ2) is 9.11. The number of hydrogen-bond acceptors (Lipinski definition) is 4. The molecule has 1 saturated heterocycles. The highest BCUT2D eigenvalue weighted by Gasteiger charge is 2.39. The van der Waals surface area contributed by atoms with Crippen LogP contribution in [0.25, 0.3) is 0 Å². The zero-order valence-corrected chi connectivity index (χ0v) is 14.9. The van der Waals surface area contributed by atoms with E-state index >= 15 is 0 Å². The number of methoxy groups -OCH3 is 1. The molecule has 0 saturated carbocycles. The van der Waals surface area contributed by atoms with Crippen molar-refractivity contribution in [2.24, 2.45) is 5.41 Å². The van der Waals surface area contributed by atoms with Crippen molar-refractivity contribution in [2.45, 2.75) is 26.7 Å². The number of anilines is 1. The first kappa shape index (κ1) is 19.7. The van der Waals surface area contributed by atoms with Gasteiger partial charge in [0.2, 0.25) is 5.91 Å². The quantitative estimate of drug-likeness (QED) is 0.834. The molecule has 1 aliphatic rings. The van der Waals surface area contributed by atoms with E-state index in [1.165, 1.54) is 0 Å². The van der Waals surface area contributed by atoms with Crippen molar-refractivity contribution >= 4 is 24.0 Å². The van der Waals surface area contributed by atoms with Crippen molar-refractivity contribution in [2.75, 3.05) is 38.7 Å². The molecule has 1 aromatic rings. The van der Waals surface area contributed by atoms with Crippen LogP contribution in [0.5, 0.6) is 5.75 Å². The first-order valence-corrected chi connectivity index (χ1v) is 7.86. The minimum atomic E-state index is -0.439. The van der Waals surface area contributed by atoms with Gasteiger partial charge in [-0.15, -0.1) is 12.4 Å². The van der Waals surface area contributed by atoms with Crippen molar-refractivity contribution in [3.63, 3.8) is 0 Å². The van der Waals surface area contributed by atoms with Gasteiger partial charge in [0.1, 0.15) is 5.75 Å². The van der Waals surface area contributed by atoms with Crippen molar-refractivity contribution < 1.29 is 14.3 Å². The average Bonchev–Trinajstić information content (AvgIpc) is 2.51. The van der Waals surface area contributed by atoms with Crippen LogP contribution in [-0.2, 0) is 9.53 Å². The highest BCUT2D eigenvalue weighted by atomic mass is 35.5. The molecule has 2 N–H and O–H groups in total. The summed E-state index contributed by atoms with van der Waals surface area (Å²) in [6.45, 7) is 6.71. The number of hydrogen-bond donors (Lipinski definition) is 2. The third-order valence-electron chi connectivity index (χ3n) is 4.22. The summed E-state index contributed by atoms with van der Waals surface area (Å²) in [5, 5.41) is 6.37. The predicted molar refractivity (Wildman–Crippen MR) is 94.6 cm³/mol. The summed E-state index contributed by atoms with van der Waals surface area (Å²) in [6.07, 6.45) is 1.59. The van der Waals surface area contributed by atoms with Gasteiger partial charge < -0.3 is 20.1 Å². The zero-order valence-electron chi connectivity index (χ0n) is 14.1. The smallest absolute Gasteiger partial charge is 0.233 e. The highest BCUT2D eigenvalue weighted by molar-refractivity contribution is 5.96. The molecule has 0 bridgehead atoms. The van der Waals surface area contributed by atoms with Crippen molar-refractivity contribution in [1.29, 1.82) is 0 Å². The highest BCUT2D eigenvalue weighted by Crippen LogP contribution is 2.32. The van der Waals surface area contributed by atoms with E-state index in [-0.39, 0.29) is 18.3 Å². The van der Waals surface area contributed by atoms with Crippen LogP contribution in [-0.4, -0.2) is 39.3 Å². The standard InChI is InChI=1S/C17H26N2O3.ClH/c1-4-22-14-5-6-15(13(2)11-14)19-16(20)17(12-21-3)7-9-18-10-8-17;/h5-6,11,18H,4,7-10,12H2,1-3H3,(H,19,20);1H. The summed E-state index contributed by atoms with van der Waals surface area (Å²) >= 11 is 0. The Balaban J connectivity index is 0.00000264. The fourth-order valence-corrected chi connectivity index (χ4v) is 2.91. The number of rotatable bonds is 6.